The quantitative estimate of drug-likeness (QED) is 0.702. The Morgan fingerprint density at radius 2 is 2.08 bits per heavy atom. The zero-order valence-electron chi connectivity index (χ0n) is 9.09. The van der Waals surface area contributed by atoms with E-state index in [4.69, 9.17) is 5.11 Å². The first-order valence-electron chi connectivity index (χ1n) is 5.50. The summed E-state index contributed by atoms with van der Waals surface area (Å²) in [4.78, 5) is 0. The maximum Gasteiger partial charge on any atom is 0.0582 e. The van der Waals surface area contributed by atoms with E-state index in [-0.39, 0.29) is 12.6 Å². The van der Waals surface area contributed by atoms with Gasteiger partial charge in [0, 0.05) is 12.1 Å². The van der Waals surface area contributed by atoms with Crippen molar-refractivity contribution in [1.82, 2.24) is 5.32 Å². The molecular formula is C11H23NO. The summed E-state index contributed by atoms with van der Waals surface area (Å²) in [7, 11) is 0. The van der Waals surface area contributed by atoms with E-state index in [0.29, 0.717) is 6.04 Å². The molecule has 0 bridgehead atoms. The van der Waals surface area contributed by atoms with Crippen LogP contribution >= 0.6 is 0 Å². The van der Waals surface area contributed by atoms with Crippen LogP contribution in [-0.4, -0.2) is 23.8 Å². The van der Waals surface area contributed by atoms with E-state index in [1.165, 1.54) is 19.3 Å². The third kappa shape index (κ3) is 3.28. The van der Waals surface area contributed by atoms with Gasteiger partial charge in [-0.05, 0) is 38.0 Å². The molecule has 1 fully saturated rings. The molecule has 0 heterocycles. The monoisotopic (exact) mass is 185 g/mol. The lowest BCUT2D eigenvalue weighted by Gasteiger charge is -2.34. The Morgan fingerprint density at radius 1 is 1.38 bits per heavy atom. The molecule has 0 spiro atoms. The van der Waals surface area contributed by atoms with Gasteiger partial charge < -0.3 is 10.4 Å². The third-order valence-electron chi connectivity index (χ3n) is 3.20. The van der Waals surface area contributed by atoms with Crippen molar-refractivity contribution in [2.24, 2.45) is 11.8 Å². The smallest absolute Gasteiger partial charge is 0.0582 e. The van der Waals surface area contributed by atoms with Crippen molar-refractivity contribution < 1.29 is 5.11 Å². The van der Waals surface area contributed by atoms with Gasteiger partial charge in [0.05, 0.1) is 6.61 Å². The standard InChI is InChI=1S/C11H23NO/c1-8-4-5-11(9(2)6-8)12-10(3)7-13/h8-13H,4-7H2,1-3H3/t8?,9?,10-,11?/m0/s1. The van der Waals surface area contributed by atoms with Crippen LogP contribution in [0.15, 0.2) is 0 Å². The average molecular weight is 185 g/mol. The number of nitrogens with one attached hydrogen (secondary N) is 1. The van der Waals surface area contributed by atoms with Crippen molar-refractivity contribution in [3.8, 4) is 0 Å². The maximum atomic E-state index is 8.94. The van der Waals surface area contributed by atoms with Gasteiger partial charge in [-0.1, -0.05) is 13.8 Å². The van der Waals surface area contributed by atoms with Crippen LogP contribution in [0.25, 0.3) is 0 Å². The second-order valence-electron chi connectivity index (χ2n) is 4.75. The first kappa shape index (κ1) is 11.0. The first-order valence-corrected chi connectivity index (χ1v) is 5.50. The Morgan fingerprint density at radius 3 is 2.62 bits per heavy atom. The molecule has 0 radical (unpaired) electrons. The molecule has 4 atom stereocenters. The highest BCUT2D eigenvalue weighted by atomic mass is 16.3. The highest BCUT2D eigenvalue weighted by Crippen LogP contribution is 2.28. The molecule has 0 amide bonds. The van der Waals surface area contributed by atoms with Crippen LogP contribution in [0, 0.1) is 11.8 Å². The third-order valence-corrected chi connectivity index (χ3v) is 3.20. The normalized spacial score (nSPS) is 37.4. The minimum Gasteiger partial charge on any atom is -0.395 e. The van der Waals surface area contributed by atoms with Crippen LogP contribution in [-0.2, 0) is 0 Å². The van der Waals surface area contributed by atoms with Crippen LogP contribution in [0.5, 0.6) is 0 Å². The van der Waals surface area contributed by atoms with Gasteiger partial charge >= 0.3 is 0 Å². The molecule has 2 heteroatoms. The summed E-state index contributed by atoms with van der Waals surface area (Å²) in [5.74, 6) is 1.65. The Kier molecular flexibility index (Phi) is 4.20. The van der Waals surface area contributed by atoms with Crippen molar-refractivity contribution in [2.45, 2.75) is 52.1 Å². The van der Waals surface area contributed by atoms with Crippen LogP contribution in [0.2, 0.25) is 0 Å². The Balaban J connectivity index is 2.33. The molecule has 0 aromatic rings. The van der Waals surface area contributed by atoms with Crippen molar-refractivity contribution in [1.29, 1.82) is 0 Å². The second kappa shape index (κ2) is 4.97. The van der Waals surface area contributed by atoms with Crippen molar-refractivity contribution in [3.63, 3.8) is 0 Å². The summed E-state index contributed by atoms with van der Waals surface area (Å²) in [5, 5.41) is 12.4. The zero-order chi connectivity index (χ0) is 9.84. The summed E-state index contributed by atoms with van der Waals surface area (Å²) in [6, 6.07) is 0.874. The number of aliphatic hydroxyl groups excluding tert-OH is 1. The molecule has 3 unspecified atom stereocenters. The molecule has 0 aromatic carbocycles. The van der Waals surface area contributed by atoms with Gasteiger partial charge in [0.15, 0.2) is 0 Å². The highest BCUT2D eigenvalue weighted by Gasteiger charge is 2.25. The lowest BCUT2D eigenvalue weighted by Crippen LogP contribution is -2.44. The van der Waals surface area contributed by atoms with Crippen LogP contribution < -0.4 is 5.32 Å². The summed E-state index contributed by atoms with van der Waals surface area (Å²) in [6.07, 6.45) is 3.93. The number of hydrogen-bond acceptors (Lipinski definition) is 2. The van der Waals surface area contributed by atoms with E-state index in [1.807, 2.05) is 6.92 Å². The van der Waals surface area contributed by atoms with Crippen LogP contribution in [0.1, 0.15) is 40.0 Å². The Labute approximate surface area is 81.7 Å². The molecule has 0 aromatic heterocycles. The summed E-state index contributed by atoms with van der Waals surface area (Å²) in [6.45, 7) is 6.95. The summed E-state index contributed by atoms with van der Waals surface area (Å²) < 4.78 is 0. The minimum absolute atomic E-state index is 0.249. The van der Waals surface area contributed by atoms with Crippen molar-refractivity contribution >= 4 is 0 Å². The van der Waals surface area contributed by atoms with E-state index in [1.54, 1.807) is 0 Å². The van der Waals surface area contributed by atoms with E-state index in [2.05, 4.69) is 19.2 Å². The molecule has 1 saturated carbocycles. The predicted molar refractivity (Wildman–Crippen MR) is 55.7 cm³/mol. The van der Waals surface area contributed by atoms with Gasteiger partial charge in [-0.15, -0.1) is 0 Å². The van der Waals surface area contributed by atoms with E-state index >= 15 is 0 Å². The number of aliphatic hydroxyl groups is 1. The highest BCUT2D eigenvalue weighted by molar-refractivity contribution is 4.82. The molecule has 0 saturated heterocycles. The van der Waals surface area contributed by atoms with Gasteiger partial charge in [0.2, 0.25) is 0 Å². The Hall–Kier alpha value is -0.0800. The molecule has 13 heavy (non-hydrogen) atoms. The summed E-state index contributed by atoms with van der Waals surface area (Å²) in [5.41, 5.74) is 0. The maximum absolute atomic E-state index is 8.94. The topological polar surface area (TPSA) is 32.3 Å². The fraction of sp³-hybridized carbons (Fsp3) is 1.00. The molecule has 1 aliphatic rings. The Bertz CT molecular complexity index is 149. The molecular weight excluding hydrogens is 162 g/mol. The molecule has 0 aliphatic heterocycles. The summed E-state index contributed by atoms with van der Waals surface area (Å²) >= 11 is 0. The second-order valence-corrected chi connectivity index (χ2v) is 4.75. The van der Waals surface area contributed by atoms with Crippen molar-refractivity contribution in [2.75, 3.05) is 6.61 Å². The molecule has 78 valence electrons. The fourth-order valence-electron chi connectivity index (χ4n) is 2.33. The number of rotatable bonds is 3. The fourth-order valence-corrected chi connectivity index (χ4v) is 2.33. The minimum atomic E-state index is 0.249. The van der Waals surface area contributed by atoms with Gasteiger partial charge in [-0.3, -0.25) is 0 Å². The lowest BCUT2D eigenvalue weighted by atomic mass is 9.79. The predicted octanol–water partition coefficient (Wildman–Crippen LogP) is 1.78. The SMILES string of the molecule is CC1CCC(N[C@@H](C)CO)C(C)C1. The molecule has 2 N–H and O–H groups in total. The van der Waals surface area contributed by atoms with Gasteiger partial charge in [0.25, 0.3) is 0 Å². The molecule has 1 aliphatic carbocycles. The largest absolute Gasteiger partial charge is 0.395 e. The van der Waals surface area contributed by atoms with E-state index in [0.717, 1.165) is 11.8 Å². The molecule has 1 rings (SSSR count). The van der Waals surface area contributed by atoms with Gasteiger partial charge in [0.1, 0.15) is 0 Å². The van der Waals surface area contributed by atoms with Gasteiger partial charge in [-0.2, -0.15) is 0 Å². The van der Waals surface area contributed by atoms with E-state index < -0.39 is 0 Å². The van der Waals surface area contributed by atoms with E-state index in [9.17, 15) is 0 Å². The lowest BCUT2D eigenvalue weighted by molar-refractivity contribution is 0.183. The zero-order valence-corrected chi connectivity index (χ0v) is 9.09. The van der Waals surface area contributed by atoms with Crippen molar-refractivity contribution in [3.05, 3.63) is 0 Å². The average Bonchev–Trinajstić information content (AvgIpc) is 2.09. The molecule has 2 nitrogen and oxygen atoms in total. The van der Waals surface area contributed by atoms with Gasteiger partial charge in [-0.25, -0.2) is 0 Å². The number of hydrogen-bond donors (Lipinski definition) is 2. The van der Waals surface area contributed by atoms with Crippen LogP contribution in [0.3, 0.4) is 0 Å². The van der Waals surface area contributed by atoms with Crippen LogP contribution in [0.4, 0.5) is 0 Å². The first-order chi connectivity index (χ1) is 6.13.